The second-order valence-corrected chi connectivity index (χ2v) is 6.85. The van der Waals surface area contributed by atoms with Gasteiger partial charge in [-0.15, -0.1) is 11.8 Å². The number of carboxylic acids is 1. The van der Waals surface area contributed by atoms with Crippen molar-refractivity contribution >= 4 is 23.6 Å². The summed E-state index contributed by atoms with van der Waals surface area (Å²) in [7, 11) is 0. The van der Waals surface area contributed by atoms with Crippen LogP contribution in [-0.2, 0) is 9.59 Å². The van der Waals surface area contributed by atoms with Crippen molar-refractivity contribution in [3.63, 3.8) is 0 Å². The zero-order valence-corrected chi connectivity index (χ0v) is 13.3. The molecule has 5 heteroatoms. The van der Waals surface area contributed by atoms with Crippen LogP contribution >= 0.6 is 11.8 Å². The maximum absolute atomic E-state index is 12.8. The second-order valence-electron chi connectivity index (χ2n) is 5.70. The molecule has 21 heavy (non-hydrogen) atoms. The largest absolute Gasteiger partial charge is 0.480 e. The molecule has 3 unspecified atom stereocenters. The summed E-state index contributed by atoms with van der Waals surface area (Å²) in [6.07, 6.45) is 0. The van der Waals surface area contributed by atoms with Gasteiger partial charge < -0.3 is 10.0 Å². The van der Waals surface area contributed by atoms with Gasteiger partial charge in [-0.3, -0.25) is 4.79 Å². The van der Waals surface area contributed by atoms with Gasteiger partial charge in [0.15, 0.2) is 0 Å². The number of aliphatic carboxylic acids is 1. The lowest BCUT2D eigenvalue weighted by Crippen LogP contribution is -2.48. The van der Waals surface area contributed by atoms with E-state index in [-0.39, 0.29) is 23.1 Å². The molecule has 1 heterocycles. The van der Waals surface area contributed by atoms with E-state index in [2.05, 4.69) is 0 Å². The van der Waals surface area contributed by atoms with E-state index in [4.69, 9.17) is 0 Å². The molecule has 0 bridgehead atoms. The van der Waals surface area contributed by atoms with E-state index in [0.717, 1.165) is 5.56 Å². The maximum Gasteiger partial charge on any atom is 0.327 e. The number of carbonyl (C=O) groups is 2. The highest BCUT2D eigenvalue weighted by molar-refractivity contribution is 8.00. The van der Waals surface area contributed by atoms with Gasteiger partial charge in [-0.05, 0) is 18.4 Å². The fourth-order valence-corrected chi connectivity index (χ4v) is 4.10. The summed E-state index contributed by atoms with van der Waals surface area (Å²) in [6, 6.07) is 8.79. The molecular weight excluding hydrogens is 286 g/mol. The molecule has 3 atom stereocenters. The minimum Gasteiger partial charge on any atom is -0.480 e. The molecule has 1 aliphatic heterocycles. The number of benzene rings is 1. The van der Waals surface area contributed by atoms with Crippen LogP contribution in [-0.4, -0.2) is 39.1 Å². The Morgan fingerprint density at radius 3 is 2.38 bits per heavy atom. The number of amides is 1. The summed E-state index contributed by atoms with van der Waals surface area (Å²) in [6.45, 7) is 5.89. The van der Waals surface area contributed by atoms with Crippen molar-refractivity contribution in [2.75, 3.05) is 5.75 Å². The van der Waals surface area contributed by atoms with Crippen LogP contribution in [0.3, 0.4) is 0 Å². The number of carboxylic acid groups (broad SMARTS) is 1. The predicted molar refractivity (Wildman–Crippen MR) is 84.2 cm³/mol. The molecule has 4 nitrogen and oxygen atoms in total. The van der Waals surface area contributed by atoms with Crippen LogP contribution in [0.4, 0.5) is 0 Å². The van der Waals surface area contributed by atoms with E-state index in [1.165, 1.54) is 0 Å². The van der Waals surface area contributed by atoms with Crippen LogP contribution in [0, 0.1) is 5.92 Å². The van der Waals surface area contributed by atoms with E-state index in [0.29, 0.717) is 5.75 Å². The molecule has 0 aromatic heterocycles. The fourth-order valence-electron chi connectivity index (χ4n) is 2.62. The van der Waals surface area contributed by atoms with Crippen molar-refractivity contribution in [2.24, 2.45) is 5.92 Å². The van der Waals surface area contributed by atoms with Crippen LogP contribution in [0.1, 0.15) is 32.3 Å². The molecule has 1 fully saturated rings. The second kappa shape index (κ2) is 6.52. The lowest BCUT2D eigenvalue weighted by atomic mass is 9.98. The van der Waals surface area contributed by atoms with Gasteiger partial charge in [0.25, 0.3) is 0 Å². The monoisotopic (exact) mass is 307 g/mol. The zero-order valence-electron chi connectivity index (χ0n) is 12.5. The summed E-state index contributed by atoms with van der Waals surface area (Å²) < 4.78 is 0. The van der Waals surface area contributed by atoms with E-state index in [1.54, 1.807) is 16.7 Å². The first kappa shape index (κ1) is 15.9. The molecule has 1 amide bonds. The van der Waals surface area contributed by atoms with Crippen LogP contribution in [0.15, 0.2) is 30.3 Å². The maximum atomic E-state index is 12.8. The van der Waals surface area contributed by atoms with Crippen LogP contribution < -0.4 is 0 Å². The number of nitrogens with zero attached hydrogens (tertiary/aromatic N) is 1. The number of thioether (sulfide) groups is 1. The normalized spacial score (nSPS) is 23.3. The topological polar surface area (TPSA) is 57.6 Å². The highest BCUT2D eigenvalue weighted by atomic mass is 32.2. The molecule has 1 aromatic carbocycles. The Labute approximate surface area is 129 Å². The van der Waals surface area contributed by atoms with Crippen molar-refractivity contribution < 1.29 is 14.7 Å². The standard InChI is InChI=1S/C16H21NO3S/c1-10(2)15-17(13(9-21-15)16(19)20)14(18)11(3)12-7-5-4-6-8-12/h4-8,10-11,13,15H,9H2,1-3H3,(H,19,20). The third kappa shape index (κ3) is 3.23. The lowest BCUT2D eigenvalue weighted by molar-refractivity contribution is -0.150. The van der Waals surface area contributed by atoms with Gasteiger partial charge in [-0.2, -0.15) is 0 Å². The number of rotatable bonds is 4. The molecule has 2 rings (SSSR count). The quantitative estimate of drug-likeness (QED) is 0.929. The average molecular weight is 307 g/mol. The average Bonchev–Trinajstić information content (AvgIpc) is 2.91. The van der Waals surface area contributed by atoms with Gasteiger partial charge in [0.05, 0.1) is 11.3 Å². The van der Waals surface area contributed by atoms with Gasteiger partial charge in [-0.25, -0.2) is 4.79 Å². The number of hydrogen-bond donors (Lipinski definition) is 1. The third-order valence-corrected chi connectivity index (χ3v) is 5.44. The Morgan fingerprint density at radius 1 is 1.24 bits per heavy atom. The van der Waals surface area contributed by atoms with Crippen molar-refractivity contribution in [2.45, 2.75) is 38.1 Å². The molecule has 114 valence electrons. The van der Waals surface area contributed by atoms with Gasteiger partial charge >= 0.3 is 5.97 Å². The van der Waals surface area contributed by atoms with Crippen molar-refractivity contribution in [3.05, 3.63) is 35.9 Å². The molecule has 0 saturated carbocycles. The third-order valence-electron chi connectivity index (χ3n) is 3.81. The lowest BCUT2D eigenvalue weighted by Gasteiger charge is -2.32. The van der Waals surface area contributed by atoms with Gasteiger partial charge in [0.2, 0.25) is 5.91 Å². The summed E-state index contributed by atoms with van der Waals surface area (Å²) in [5, 5.41) is 9.31. The summed E-state index contributed by atoms with van der Waals surface area (Å²) >= 11 is 1.56. The van der Waals surface area contributed by atoms with E-state index in [1.807, 2.05) is 51.1 Å². The SMILES string of the molecule is CC(C(=O)N1C(C(=O)O)CSC1C(C)C)c1ccccc1. The molecule has 0 aliphatic carbocycles. The first-order valence-corrected chi connectivity index (χ1v) is 8.20. The fraction of sp³-hybridized carbons (Fsp3) is 0.500. The Bertz CT molecular complexity index is 518. The minimum absolute atomic E-state index is 0.0650. The summed E-state index contributed by atoms with van der Waals surface area (Å²) in [4.78, 5) is 25.8. The molecule has 0 radical (unpaired) electrons. The highest BCUT2D eigenvalue weighted by Gasteiger charge is 2.44. The van der Waals surface area contributed by atoms with Crippen LogP contribution in [0.25, 0.3) is 0 Å². The number of carbonyl (C=O) groups excluding carboxylic acids is 1. The van der Waals surface area contributed by atoms with Gasteiger partial charge in [0.1, 0.15) is 6.04 Å². The van der Waals surface area contributed by atoms with Crippen molar-refractivity contribution in [3.8, 4) is 0 Å². The van der Waals surface area contributed by atoms with Gasteiger partial charge in [-0.1, -0.05) is 44.2 Å². The van der Waals surface area contributed by atoms with Crippen LogP contribution in [0.5, 0.6) is 0 Å². The van der Waals surface area contributed by atoms with Crippen LogP contribution in [0.2, 0.25) is 0 Å². The Morgan fingerprint density at radius 2 is 1.86 bits per heavy atom. The molecule has 1 aromatic rings. The summed E-state index contributed by atoms with van der Waals surface area (Å²) in [5.41, 5.74) is 0.922. The van der Waals surface area contributed by atoms with Gasteiger partial charge in [0, 0.05) is 5.75 Å². The number of hydrogen-bond acceptors (Lipinski definition) is 3. The molecule has 0 spiro atoms. The molecular formula is C16H21NO3S. The van der Waals surface area contributed by atoms with Crippen molar-refractivity contribution in [1.29, 1.82) is 0 Å². The van der Waals surface area contributed by atoms with E-state index in [9.17, 15) is 14.7 Å². The molecule has 1 aliphatic rings. The van der Waals surface area contributed by atoms with E-state index >= 15 is 0 Å². The Balaban J connectivity index is 2.27. The minimum atomic E-state index is -0.917. The Hall–Kier alpha value is -1.49. The predicted octanol–water partition coefficient (Wildman–Crippen LogP) is 2.80. The molecule has 1 saturated heterocycles. The first-order chi connectivity index (χ1) is 9.93. The highest BCUT2D eigenvalue weighted by Crippen LogP contribution is 2.36. The van der Waals surface area contributed by atoms with Crippen molar-refractivity contribution in [1.82, 2.24) is 4.90 Å². The smallest absolute Gasteiger partial charge is 0.327 e. The zero-order chi connectivity index (χ0) is 15.6. The first-order valence-electron chi connectivity index (χ1n) is 7.15. The van der Waals surface area contributed by atoms with E-state index < -0.39 is 12.0 Å². The summed E-state index contributed by atoms with van der Waals surface area (Å²) in [5.74, 6) is -0.651. The molecule has 1 N–H and O–H groups in total. The Kier molecular flexibility index (Phi) is 4.93.